The van der Waals surface area contributed by atoms with E-state index in [-0.39, 0.29) is 43.3 Å². The van der Waals surface area contributed by atoms with Crippen molar-refractivity contribution in [3.05, 3.63) is 46.9 Å². The number of ether oxygens (including phenoxy) is 2. The van der Waals surface area contributed by atoms with E-state index in [4.69, 9.17) is 9.47 Å². The molecule has 0 aliphatic carbocycles. The Hall–Kier alpha value is -2.71. The number of alkyl halides is 3. The van der Waals surface area contributed by atoms with Gasteiger partial charge in [-0.25, -0.2) is 0 Å². The van der Waals surface area contributed by atoms with Gasteiger partial charge in [0.1, 0.15) is 19.0 Å². The summed E-state index contributed by atoms with van der Waals surface area (Å²) >= 11 is 0. The Bertz CT molecular complexity index is 776. The molecule has 1 saturated heterocycles. The van der Waals surface area contributed by atoms with E-state index in [1.807, 2.05) is 0 Å². The normalized spacial score (nSPS) is 20.4. The zero-order valence-corrected chi connectivity index (χ0v) is 14.6. The van der Waals surface area contributed by atoms with Gasteiger partial charge in [0.05, 0.1) is 11.6 Å². The number of rotatable bonds is 4. The van der Waals surface area contributed by atoms with Crippen LogP contribution in [0.1, 0.15) is 24.5 Å². The molecule has 6 nitrogen and oxygen atoms in total. The lowest BCUT2D eigenvalue weighted by Crippen LogP contribution is -2.39. The van der Waals surface area contributed by atoms with Crippen molar-refractivity contribution in [2.45, 2.75) is 32.1 Å². The lowest BCUT2D eigenvalue weighted by atomic mass is 10.1. The standard InChI is InChI=1S/C18H19F3N2O4/c1-11-16(27-7-6-26-11)17(25)22-13-8-15(24)23(10-13)9-12-4-2-3-5-14(12)18(19,20)21/h2-5,13H,6-10H2,1H3,(H,22,25). The number of benzene rings is 1. The van der Waals surface area contributed by atoms with E-state index in [0.29, 0.717) is 12.4 Å². The van der Waals surface area contributed by atoms with Gasteiger partial charge in [-0.15, -0.1) is 0 Å². The largest absolute Gasteiger partial charge is 0.491 e. The number of amides is 2. The van der Waals surface area contributed by atoms with Crippen molar-refractivity contribution in [1.29, 1.82) is 0 Å². The fourth-order valence-electron chi connectivity index (χ4n) is 3.14. The molecule has 1 unspecified atom stereocenters. The van der Waals surface area contributed by atoms with Crippen LogP contribution in [0, 0.1) is 0 Å². The summed E-state index contributed by atoms with van der Waals surface area (Å²) in [6.07, 6.45) is -4.47. The molecule has 9 heteroatoms. The van der Waals surface area contributed by atoms with Crippen molar-refractivity contribution in [3.63, 3.8) is 0 Å². The van der Waals surface area contributed by atoms with Gasteiger partial charge in [0.25, 0.3) is 5.91 Å². The molecule has 2 amide bonds. The van der Waals surface area contributed by atoms with Crippen molar-refractivity contribution in [1.82, 2.24) is 10.2 Å². The first kappa shape index (κ1) is 19.1. The van der Waals surface area contributed by atoms with Crippen molar-refractivity contribution < 1.29 is 32.2 Å². The van der Waals surface area contributed by atoms with Crippen molar-refractivity contribution in [2.75, 3.05) is 19.8 Å². The third-order valence-electron chi connectivity index (χ3n) is 4.41. The van der Waals surface area contributed by atoms with Gasteiger partial charge in [0, 0.05) is 19.5 Å². The van der Waals surface area contributed by atoms with Crippen molar-refractivity contribution in [2.24, 2.45) is 0 Å². The molecule has 0 saturated carbocycles. The van der Waals surface area contributed by atoms with Crippen LogP contribution in [-0.2, 0) is 31.8 Å². The zero-order valence-electron chi connectivity index (χ0n) is 14.6. The van der Waals surface area contributed by atoms with E-state index < -0.39 is 23.7 Å². The second kappa shape index (κ2) is 7.50. The Morgan fingerprint density at radius 2 is 1.96 bits per heavy atom. The fourth-order valence-corrected chi connectivity index (χ4v) is 3.14. The highest BCUT2D eigenvalue weighted by Gasteiger charge is 2.36. The second-order valence-corrected chi connectivity index (χ2v) is 6.39. The van der Waals surface area contributed by atoms with Crippen LogP contribution in [-0.4, -0.2) is 42.5 Å². The molecule has 1 N–H and O–H groups in total. The molecule has 1 aromatic carbocycles. The van der Waals surface area contributed by atoms with Crippen LogP contribution in [0.4, 0.5) is 13.2 Å². The second-order valence-electron chi connectivity index (χ2n) is 6.39. The highest BCUT2D eigenvalue weighted by Crippen LogP contribution is 2.33. The first-order valence-corrected chi connectivity index (χ1v) is 8.46. The van der Waals surface area contributed by atoms with Crippen molar-refractivity contribution in [3.8, 4) is 0 Å². The Balaban J connectivity index is 1.66. The molecule has 146 valence electrons. The molecule has 0 radical (unpaired) electrons. The average Bonchev–Trinajstić information content (AvgIpc) is 2.94. The highest BCUT2D eigenvalue weighted by atomic mass is 19.4. The number of carbonyl (C=O) groups excluding carboxylic acids is 2. The molecule has 2 heterocycles. The van der Waals surface area contributed by atoms with Gasteiger partial charge < -0.3 is 19.7 Å². The third-order valence-corrected chi connectivity index (χ3v) is 4.41. The quantitative estimate of drug-likeness (QED) is 0.864. The number of halogens is 3. The van der Waals surface area contributed by atoms with Gasteiger partial charge in [0.2, 0.25) is 11.7 Å². The van der Waals surface area contributed by atoms with Gasteiger partial charge >= 0.3 is 6.18 Å². The molecule has 0 spiro atoms. The lowest BCUT2D eigenvalue weighted by Gasteiger charge is -2.22. The molecule has 2 aliphatic rings. The van der Waals surface area contributed by atoms with Crippen LogP contribution in [0.25, 0.3) is 0 Å². The molecule has 1 aromatic rings. The molecule has 2 aliphatic heterocycles. The minimum atomic E-state index is -4.49. The number of carbonyl (C=O) groups is 2. The van der Waals surface area contributed by atoms with Crippen LogP contribution >= 0.6 is 0 Å². The maximum Gasteiger partial charge on any atom is 0.416 e. The van der Waals surface area contributed by atoms with Crippen LogP contribution in [0.2, 0.25) is 0 Å². The Morgan fingerprint density at radius 3 is 2.67 bits per heavy atom. The van der Waals surface area contributed by atoms with E-state index in [0.717, 1.165) is 6.07 Å². The molecule has 0 bridgehead atoms. The van der Waals surface area contributed by atoms with Gasteiger partial charge in [-0.3, -0.25) is 9.59 Å². The number of nitrogens with one attached hydrogen (secondary N) is 1. The van der Waals surface area contributed by atoms with E-state index in [2.05, 4.69) is 5.32 Å². The van der Waals surface area contributed by atoms with E-state index in [1.165, 1.54) is 23.1 Å². The minimum absolute atomic E-state index is 0.0209. The first-order valence-electron chi connectivity index (χ1n) is 8.46. The number of nitrogens with zero attached hydrogens (tertiary/aromatic N) is 1. The molecule has 3 rings (SSSR count). The van der Waals surface area contributed by atoms with Crippen molar-refractivity contribution >= 4 is 11.8 Å². The summed E-state index contributed by atoms with van der Waals surface area (Å²) in [7, 11) is 0. The summed E-state index contributed by atoms with van der Waals surface area (Å²) in [6.45, 7) is 2.18. The Morgan fingerprint density at radius 1 is 1.26 bits per heavy atom. The van der Waals surface area contributed by atoms with Crippen LogP contribution in [0.5, 0.6) is 0 Å². The topological polar surface area (TPSA) is 67.9 Å². The monoisotopic (exact) mass is 384 g/mol. The van der Waals surface area contributed by atoms with E-state index >= 15 is 0 Å². The summed E-state index contributed by atoms with van der Waals surface area (Å²) in [5.41, 5.74) is -0.744. The molecule has 0 aromatic heterocycles. The fraction of sp³-hybridized carbons (Fsp3) is 0.444. The van der Waals surface area contributed by atoms with Crippen LogP contribution in [0.15, 0.2) is 35.8 Å². The maximum absolute atomic E-state index is 13.1. The summed E-state index contributed by atoms with van der Waals surface area (Å²) in [4.78, 5) is 25.8. The first-order chi connectivity index (χ1) is 12.8. The minimum Gasteiger partial charge on any atom is -0.491 e. The molecule has 27 heavy (non-hydrogen) atoms. The van der Waals surface area contributed by atoms with Gasteiger partial charge in [-0.1, -0.05) is 18.2 Å². The number of likely N-dealkylation sites (tertiary alicyclic amines) is 1. The molecule has 1 atom stereocenters. The summed E-state index contributed by atoms with van der Waals surface area (Å²) < 4.78 is 49.9. The SMILES string of the molecule is CC1=C(C(=O)NC2CC(=O)N(Cc3ccccc3C(F)(F)F)C2)OCCO1. The lowest BCUT2D eigenvalue weighted by molar-refractivity contribution is -0.139. The predicted octanol–water partition coefficient (Wildman–Crippen LogP) is 2.20. The van der Waals surface area contributed by atoms with Gasteiger partial charge in [-0.2, -0.15) is 13.2 Å². The zero-order chi connectivity index (χ0) is 19.6. The summed E-state index contributed by atoms with van der Waals surface area (Å²) in [6, 6.07) is 4.64. The summed E-state index contributed by atoms with van der Waals surface area (Å²) in [5, 5.41) is 2.68. The van der Waals surface area contributed by atoms with Gasteiger partial charge in [0.15, 0.2) is 0 Å². The molecular formula is C18H19F3N2O4. The summed E-state index contributed by atoms with van der Waals surface area (Å²) in [5.74, 6) is -0.389. The van der Waals surface area contributed by atoms with E-state index in [9.17, 15) is 22.8 Å². The van der Waals surface area contributed by atoms with Crippen LogP contribution < -0.4 is 5.32 Å². The number of allylic oxidation sites excluding steroid dienone is 1. The Kier molecular flexibility index (Phi) is 5.29. The number of hydrogen-bond acceptors (Lipinski definition) is 4. The van der Waals surface area contributed by atoms with Crippen LogP contribution in [0.3, 0.4) is 0 Å². The highest BCUT2D eigenvalue weighted by molar-refractivity contribution is 5.93. The average molecular weight is 384 g/mol. The number of hydrogen-bond donors (Lipinski definition) is 1. The Labute approximate surface area is 153 Å². The third kappa shape index (κ3) is 4.35. The molecule has 1 fully saturated rings. The smallest absolute Gasteiger partial charge is 0.416 e. The predicted molar refractivity (Wildman–Crippen MR) is 88.0 cm³/mol. The molecular weight excluding hydrogens is 365 g/mol. The van der Waals surface area contributed by atoms with E-state index in [1.54, 1.807) is 6.92 Å². The maximum atomic E-state index is 13.1. The van der Waals surface area contributed by atoms with Gasteiger partial charge in [-0.05, 0) is 18.6 Å².